The van der Waals surface area contributed by atoms with E-state index in [1.807, 2.05) is 6.92 Å². The summed E-state index contributed by atoms with van der Waals surface area (Å²) in [7, 11) is -3.70. The molecule has 2 aromatic rings. The van der Waals surface area contributed by atoms with Crippen molar-refractivity contribution in [3.8, 4) is 0 Å². The molecule has 0 saturated carbocycles. The van der Waals surface area contributed by atoms with E-state index in [-0.39, 0.29) is 11.4 Å². The molecule has 1 heterocycles. The van der Waals surface area contributed by atoms with Gasteiger partial charge in [0.2, 0.25) is 0 Å². The predicted octanol–water partition coefficient (Wildman–Crippen LogP) is 1.91. The third kappa shape index (κ3) is 3.00. The quantitative estimate of drug-likeness (QED) is 0.885. The molecule has 0 saturated heterocycles. The zero-order chi connectivity index (χ0) is 14.8. The van der Waals surface area contributed by atoms with Gasteiger partial charge in [-0.3, -0.25) is 4.72 Å². The Balaban J connectivity index is 2.30. The predicted molar refractivity (Wildman–Crippen MR) is 75.2 cm³/mol. The first-order valence-corrected chi connectivity index (χ1v) is 7.62. The van der Waals surface area contributed by atoms with E-state index in [1.54, 1.807) is 4.57 Å². The molecule has 5 nitrogen and oxygen atoms in total. The average Bonchev–Trinajstić information content (AvgIpc) is 2.85. The molecule has 0 spiro atoms. The lowest BCUT2D eigenvalue weighted by Gasteiger charge is -2.06. The van der Waals surface area contributed by atoms with Crippen molar-refractivity contribution >= 4 is 15.7 Å². The summed E-state index contributed by atoms with van der Waals surface area (Å²) in [6, 6.07) is 6.66. The van der Waals surface area contributed by atoms with Crippen LogP contribution in [0.25, 0.3) is 0 Å². The van der Waals surface area contributed by atoms with Crippen molar-refractivity contribution in [3.63, 3.8) is 0 Å². The summed E-state index contributed by atoms with van der Waals surface area (Å²) in [5.74, 6) is -0.421. The van der Waals surface area contributed by atoms with Crippen LogP contribution in [0.3, 0.4) is 0 Å². The number of aryl methyl sites for hydroxylation is 1. The van der Waals surface area contributed by atoms with Crippen molar-refractivity contribution in [1.82, 2.24) is 4.57 Å². The fraction of sp³-hybridized carbons (Fsp3) is 0.231. The van der Waals surface area contributed by atoms with Gasteiger partial charge in [-0.2, -0.15) is 0 Å². The molecule has 0 fully saturated rings. The molecule has 0 aliphatic carbocycles. The lowest BCUT2D eigenvalue weighted by Crippen LogP contribution is -2.12. The highest BCUT2D eigenvalue weighted by Gasteiger charge is 2.17. The standard InChI is InChI=1S/C13H16FN3O2S/c1-2-17-9-13(7-12(17)8-15)20(18,19)16-11-5-3-10(14)4-6-11/h3-7,9,16H,2,8,15H2,1H3. The lowest BCUT2D eigenvalue weighted by molar-refractivity contribution is 0.600. The summed E-state index contributed by atoms with van der Waals surface area (Å²) in [5, 5.41) is 0. The van der Waals surface area contributed by atoms with Gasteiger partial charge in [-0.15, -0.1) is 0 Å². The number of hydrogen-bond donors (Lipinski definition) is 2. The molecular weight excluding hydrogens is 281 g/mol. The van der Waals surface area contributed by atoms with E-state index in [2.05, 4.69) is 4.72 Å². The van der Waals surface area contributed by atoms with Gasteiger partial charge in [-0.25, -0.2) is 12.8 Å². The Kier molecular flexibility index (Phi) is 4.10. The maximum Gasteiger partial charge on any atom is 0.263 e. The number of rotatable bonds is 5. The van der Waals surface area contributed by atoms with Crippen LogP contribution in [0.2, 0.25) is 0 Å². The SMILES string of the molecule is CCn1cc(S(=O)(=O)Nc2ccc(F)cc2)cc1CN. The Bertz CT molecular complexity index is 671. The number of nitrogens with one attached hydrogen (secondary N) is 1. The summed E-state index contributed by atoms with van der Waals surface area (Å²) in [6.07, 6.45) is 1.54. The summed E-state index contributed by atoms with van der Waals surface area (Å²) in [6.45, 7) is 2.81. The largest absolute Gasteiger partial charge is 0.349 e. The third-order valence-electron chi connectivity index (χ3n) is 2.92. The second-order valence-electron chi connectivity index (χ2n) is 4.27. The van der Waals surface area contributed by atoms with Gasteiger partial charge in [-0.1, -0.05) is 0 Å². The Morgan fingerprint density at radius 3 is 2.45 bits per heavy atom. The van der Waals surface area contributed by atoms with E-state index >= 15 is 0 Å². The molecule has 7 heteroatoms. The van der Waals surface area contributed by atoms with Gasteiger partial charge in [0.15, 0.2) is 0 Å². The van der Waals surface area contributed by atoms with Gasteiger partial charge in [0.05, 0.1) is 0 Å². The molecule has 1 aromatic carbocycles. The number of aromatic nitrogens is 1. The highest BCUT2D eigenvalue weighted by Crippen LogP contribution is 2.19. The first kappa shape index (κ1) is 14.5. The van der Waals surface area contributed by atoms with Crippen LogP contribution >= 0.6 is 0 Å². The van der Waals surface area contributed by atoms with Gasteiger partial charge < -0.3 is 10.3 Å². The van der Waals surface area contributed by atoms with Crippen LogP contribution in [0.4, 0.5) is 10.1 Å². The van der Waals surface area contributed by atoms with Gasteiger partial charge in [0.1, 0.15) is 10.7 Å². The number of nitrogens with two attached hydrogens (primary N) is 1. The minimum Gasteiger partial charge on any atom is -0.349 e. The number of anilines is 1. The van der Waals surface area contributed by atoms with Crippen molar-refractivity contribution in [2.45, 2.75) is 24.9 Å². The van der Waals surface area contributed by atoms with Crippen molar-refractivity contribution in [1.29, 1.82) is 0 Å². The molecule has 0 bridgehead atoms. The van der Waals surface area contributed by atoms with Crippen LogP contribution in [-0.4, -0.2) is 13.0 Å². The van der Waals surface area contributed by atoms with Gasteiger partial charge in [-0.05, 0) is 37.3 Å². The van der Waals surface area contributed by atoms with E-state index < -0.39 is 15.8 Å². The highest BCUT2D eigenvalue weighted by molar-refractivity contribution is 7.92. The molecule has 0 amide bonds. The highest BCUT2D eigenvalue weighted by atomic mass is 32.2. The van der Waals surface area contributed by atoms with Gasteiger partial charge >= 0.3 is 0 Å². The number of nitrogens with zero attached hydrogens (tertiary/aromatic N) is 1. The Labute approximate surface area is 117 Å². The van der Waals surface area contributed by atoms with E-state index in [9.17, 15) is 12.8 Å². The van der Waals surface area contributed by atoms with E-state index in [0.717, 1.165) is 5.69 Å². The number of halogens is 1. The molecule has 108 valence electrons. The van der Waals surface area contributed by atoms with Crippen LogP contribution in [-0.2, 0) is 23.1 Å². The average molecular weight is 297 g/mol. The second-order valence-corrected chi connectivity index (χ2v) is 5.95. The number of sulfonamides is 1. The van der Waals surface area contributed by atoms with Crippen LogP contribution in [0.1, 0.15) is 12.6 Å². The lowest BCUT2D eigenvalue weighted by atomic mass is 10.3. The smallest absolute Gasteiger partial charge is 0.263 e. The Hall–Kier alpha value is -1.86. The van der Waals surface area contributed by atoms with Crippen LogP contribution in [0.5, 0.6) is 0 Å². The van der Waals surface area contributed by atoms with Crippen molar-refractivity contribution in [2.75, 3.05) is 4.72 Å². The van der Waals surface area contributed by atoms with Crippen molar-refractivity contribution in [3.05, 3.63) is 48.0 Å². The van der Waals surface area contributed by atoms with Crippen molar-refractivity contribution < 1.29 is 12.8 Å². The second kappa shape index (κ2) is 5.64. The minimum absolute atomic E-state index is 0.143. The molecule has 1 aromatic heterocycles. The molecular formula is C13H16FN3O2S. The zero-order valence-corrected chi connectivity index (χ0v) is 11.8. The topological polar surface area (TPSA) is 77.1 Å². The molecule has 0 aliphatic heterocycles. The molecule has 2 rings (SSSR count). The Morgan fingerprint density at radius 1 is 1.30 bits per heavy atom. The summed E-state index contributed by atoms with van der Waals surface area (Å²) >= 11 is 0. The first-order valence-electron chi connectivity index (χ1n) is 6.13. The van der Waals surface area contributed by atoms with Crippen molar-refractivity contribution in [2.24, 2.45) is 5.73 Å². The monoisotopic (exact) mass is 297 g/mol. The minimum atomic E-state index is -3.70. The summed E-state index contributed by atoms with van der Waals surface area (Å²) in [4.78, 5) is 0.143. The molecule has 0 unspecified atom stereocenters. The molecule has 20 heavy (non-hydrogen) atoms. The van der Waals surface area contributed by atoms with E-state index in [0.29, 0.717) is 12.2 Å². The summed E-state index contributed by atoms with van der Waals surface area (Å²) in [5.41, 5.74) is 6.63. The van der Waals surface area contributed by atoms with E-state index in [4.69, 9.17) is 5.73 Å². The maximum atomic E-state index is 12.8. The normalized spacial score (nSPS) is 11.6. The van der Waals surface area contributed by atoms with Gasteiger partial charge in [0, 0.05) is 30.7 Å². The number of hydrogen-bond acceptors (Lipinski definition) is 3. The van der Waals surface area contributed by atoms with Crippen LogP contribution < -0.4 is 10.5 Å². The molecule has 0 atom stereocenters. The Morgan fingerprint density at radius 2 is 1.95 bits per heavy atom. The fourth-order valence-corrected chi connectivity index (χ4v) is 2.99. The van der Waals surface area contributed by atoms with E-state index in [1.165, 1.54) is 36.5 Å². The molecule has 0 aliphatic rings. The van der Waals surface area contributed by atoms with Gasteiger partial charge in [0.25, 0.3) is 10.0 Å². The number of benzene rings is 1. The zero-order valence-electron chi connectivity index (χ0n) is 11.0. The van der Waals surface area contributed by atoms with Crippen LogP contribution in [0.15, 0.2) is 41.4 Å². The fourth-order valence-electron chi connectivity index (χ4n) is 1.87. The summed E-state index contributed by atoms with van der Waals surface area (Å²) < 4.78 is 41.4. The maximum absolute atomic E-state index is 12.8. The third-order valence-corrected chi connectivity index (χ3v) is 4.27. The van der Waals surface area contributed by atoms with Crippen LogP contribution in [0, 0.1) is 5.82 Å². The first-order chi connectivity index (χ1) is 9.46. The molecule has 3 N–H and O–H groups in total. The molecule has 0 radical (unpaired) electrons.